The van der Waals surface area contributed by atoms with Gasteiger partial charge in [0.05, 0.1) is 0 Å². The van der Waals surface area contributed by atoms with E-state index in [0.717, 1.165) is 4.90 Å². The molecule has 1 aromatic carbocycles. The minimum absolute atomic E-state index is 0.110. The summed E-state index contributed by atoms with van der Waals surface area (Å²) in [5.74, 6) is 0.687. The van der Waals surface area contributed by atoms with Gasteiger partial charge in [-0.05, 0) is 18.6 Å². The van der Waals surface area contributed by atoms with Crippen molar-refractivity contribution < 1.29 is 17.9 Å². The van der Waals surface area contributed by atoms with Crippen molar-refractivity contribution in [3.63, 3.8) is 0 Å². The standard InChI is InChI=1S/C11H14F3NOS/c12-11(13,14)8-16-6-3-7-17-10-5-2-1-4-9(10)15/h1-2,4-5H,3,6-8,15H2. The molecule has 1 rings (SSSR count). The van der Waals surface area contributed by atoms with Gasteiger partial charge in [-0.1, -0.05) is 12.1 Å². The molecule has 2 N–H and O–H groups in total. The Bertz CT molecular complexity index is 344. The Kier molecular flexibility index (Phi) is 5.64. The van der Waals surface area contributed by atoms with E-state index < -0.39 is 12.8 Å². The molecule has 2 nitrogen and oxygen atoms in total. The topological polar surface area (TPSA) is 35.2 Å². The van der Waals surface area contributed by atoms with Crippen LogP contribution in [-0.4, -0.2) is 25.1 Å². The zero-order valence-electron chi connectivity index (χ0n) is 9.17. The fraction of sp³-hybridized carbons (Fsp3) is 0.455. The molecule has 0 radical (unpaired) electrons. The number of nitrogens with two attached hydrogens (primary N) is 1. The summed E-state index contributed by atoms with van der Waals surface area (Å²) in [4.78, 5) is 0.948. The van der Waals surface area contributed by atoms with Crippen LogP contribution >= 0.6 is 11.8 Å². The number of thioether (sulfide) groups is 1. The second-order valence-electron chi connectivity index (χ2n) is 3.41. The molecule has 0 aliphatic heterocycles. The molecule has 0 amide bonds. The highest BCUT2D eigenvalue weighted by molar-refractivity contribution is 7.99. The van der Waals surface area contributed by atoms with Gasteiger partial charge in [0.15, 0.2) is 0 Å². The molecule has 0 heterocycles. The minimum Gasteiger partial charge on any atom is -0.398 e. The lowest BCUT2D eigenvalue weighted by molar-refractivity contribution is -0.173. The Labute approximate surface area is 102 Å². The molecule has 17 heavy (non-hydrogen) atoms. The summed E-state index contributed by atoms with van der Waals surface area (Å²) in [6.45, 7) is -1.07. The van der Waals surface area contributed by atoms with Crippen molar-refractivity contribution >= 4 is 17.4 Å². The maximum Gasteiger partial charge on any atom is 0.411 e. The van der Waals surface area contributed by atoms with Crippen LogP contribution in [0.25, 0.3) is 0 Å². The van der Waals surface area contributed by atoms with Gasteiger partial charge in [0.2, 0.25) is 0 Å². The highest BCUT2D eigenvalue weighted by Gasteiger charge is 2.27. The molecular weight excluding hydrogens is 251 g/mol. The monoisotopic (exact) mass is 265 g/mol. The van der Waals surface area contributed by atoms with E-state index >= 15 is 0 Å². The van der Waals surface area contributed by atoms with E-state index in [2.05, 4.69) is 4.74 Å². The van der Waals surface area contributed by atoms with E-state index in [1.807, 2.05) is 18.2 Å². The summed E-state index contributed by atoms with van der Waals surface area (Å²) >= 11 is 1.52. The Balaban J connectivity index is 2.11. The van der Waals surface area contributed by atoms with Crippen LogP contribution in [0.3, 0.4) is 0 Å². The second kappa shape index (κ2) is 6.76. The summed E-state index contributed by atoms with van der Waals surface area (Å²) < 4.78 is 39.7. The van der Waals surface area contributed by atoms with Crippen LogP contribution in [0.5, 0.6) is 0 Å². The quantitative estimate of drug-likeness (QED) is 0.487. The number of alkyl halides is 3. The van der Waals surface area contributed by atoms with Crippen molar-refractivity contribution in [3.05, 3.63) is 24.3 Å². The Hall–Kier alpha value is -0.880. The second-order valence-corrected chi connectivity index (χ2v) is 4.54. The summed E-state index contributed by atoms with van der Waals surface area (Å²) in [5.41, 5.74) is 6.41. The summed E-state index contributed by atoms with van der Waals surface area (Å²) in [5, 5.41) is 0. The van der Waals surface area contributed by atoms with Crippen LogP contribution in [0.15, 0.2) is 29.2 Å². The SMILES string of the molecule is Nc1ccccc1SCCCOCC(F)(F)F. The third-order valence-corrected chi connectivity index (χ3v) is 3.05. The lowest BCUT2D eigenvalue weighted by Gasteiger charge is -2.07. The Morgan fingerprint density at radius 3 is 2.59 bits per heavy atom. The highest BCUT2D eigenvalue weighted by Crippen LogP contribution is 2.24. The Morgan fingerprint density at radius 2 is 1.94 bits per heavy atom. The van der Waals surface area contributed by atoms with Crippen molar-refractivity contribution in [2.24, 2.45) is 0 Å². The molecule has 0 aliphatic rings. The van der Waals surface area contributed by atoms with Crippen molar-refractivity contribution in [3.8, 4) is 0 Å². The first kappa shape index (κ1) is 14.2. The lowest BCUT2D eigenvalue weighted by Crippen LogP contribution is -2.17. The van der Waals surface area contributed by atoms with E-state index in [1.54, 1.807) is 6.07 Å². The van der Waals surface area contributed by atoms with Crippen molar-refractivity contribution in [2.45, 2.75) is 17.5 Å². The van der Waals surface area contributed by atoms with Gasteiger partial charge in [-0.15, -0.1) is 11.8 Å². The van der Waals surface area contributed by atoms with Gasteiger partial charge >= 0.3 is 6.18 Å². The number of ether oxygens (including phenoxy) is 1. The molecule has 0 bridgehead atoms. The molecule has 0 saturated carbocycles. The molecule has 0 saturated heterocycles. The van der Waals surface area contributed by atoms with Crippen molar-refractivity contribution in [1.29, 1.82) is 0 Å². The number of halogens is 3. The molecule has 1 aromatic rings. The predicted octanol–water partition coefficient (Wildman–Crippen LogP) is 3.33. The molecule has 96 valence electrons. The maximum absolute atomic E-state index is 11.7. The summed E-state index contributed by atoms with van der Waals surface area (Å²) in [7, 11) is 0. The largest absolute Gasteiger partial charge is 0.411 e. The number of para-hydroxylation sites is 1. The number of hydrogen-bond donors (Lipinski definition) is 1. The molecule has 0 aliphatic carbocycles. The average molecular weight is 265 g/mol. The average Bonchev–Trinajstić information content (AvgIpc) is 2.24. The minimum atomic E-state index is -4.24. The van der Waals surface area contributed by atoms with E-state index in [0.29, 0.717) is 17.9 Å². The van der Waals surface area contributed by atoms with Gasteiger partial charge in [-0.3, -0.25) is 0 Å². The van der Waals surface area contributed by atoms with Gasteiger partial charge in [-0.25, -0.2) is 0 Å². The first-order valence-corrected chi connectivity index (χ1v) is 6.09. The van der Waals surface area contributed by atoms with Gasteiger partial charge in [-0.2, -0.15) is 13.2 Å². The normalized spacial score (nSPS) is 11.7. The van der Waals surface area contributed by atoms with Crippen LogP contribution in [0.4, 0.5) is 18.9 Å². The van der Waals surface area contributed by atoms with E-state index in [-0.39, 0.29) is 6.61 Å². The molecule has 0 atom stereocenters. The van der Waals surface area contributed by atoms with Crippen LogP contribution < -0.4 is 5.73 Å². The fourth-order valence-electron chi connectivity index (χ4n) is 1.14. The summed E-state index contributed by atoms with van der Waals surface area (Å²) in [6.07, 6.45) is -3.67. The zero-order valence-corrected chi connectivity index (χ0v) is 9.98. The van der Waals surface area contributed by atoms with E-state index in [9.17, 15) is 13.2 Å². The molecule has 0 spiro atoms. The fourth-order valence-corrected chi connectivity index (χ4v) is 2.03. The van der Waals surface area contributed by atoms with E-state index in [4.69, 9.17) is 5.73 Å². The van der Waals surface area contributed by atoms with Crippen molar-refractivity contribution in [1.82, 2.24) is 0 Å². The van der Waals surface area contributed by atoms with Crippen LogP contribution in [0, 0.1) is 0 Å². The third kappa shape index (κ3) is 6.43. The number of nitrogen functional groups attached to an aromatic ring is 1. The smallest absolute Gasteiger partial charge is 0.398 e. The number of benzene rings is 1. The predicted molar refractivity (Wildman–Crippen MR) is 63.1 cm³/mol. The number of anilines is 1. The molecule has 6 heteroatoms. The summed E-state index contributed by atoms with van der Waals surface area (Å²) in [6, 6.07) is 7.39. The molecule has 0 aromatic heterocycles. The van der Waals surface area contributed by atoms with Gasteiger partial charge in [0.25, 0.3) is 0 Å². The lowest BCUT2D eigenvalue weighted by atomic mass is 10.3. The molecular formula is C11H14F3NOS. The third-order valence-electron chi connectivity index (χ3n) is 1.88. The van der Waals surface area contributed by atoms with Crippen molar-refractivity contribution in [2.75, 3.05) is 24.7 Å². The van der Waals surface area contributed by atoms with Gasteiger partial charge < -0.3 is 10.5 Å². The first-order chi connectivity index (χ1) is 7.99. The van der Waals surface area contributed by atoms with Gasteiger partial charge in [0, 0.05) is 22.9 Å². The number of rotatable bonds is 6. The zero-order chi connectivity index (χ0) is 12.7. The highest BCUT2D eigenvalue weighted by atomic mass is 32.2. The van der Waals surface area contributed by atoms with E-state index in [1.165, 1.54) is 11.8 Å². The first-order valence-electron chi connectivity index (χ1n) is 5.11. The van der Waals surface area contributed by atoms with Crippen LogP contribution in [0.2, 0.25) is 0 Å². The molecule has 0 unspecified atom stereocenters. The Morgan fingerprint density at radius 1 is 1.24 bits per heavy atom. The van der Waals surface area contributed by atoms with Crippen LogP contribution in [-0.2, 0) is 4.74 Å². The number of hydrogen-bond acceptors (Lipinski definition) is 3. The van der Waals surface area contributed by atoms with Crippen LogP contribution in [0.1, 0.15) is 6.42 Å². The van der Waals surface area contributed by atoms with Gasteiger partial charge in [0.1, 0.15) is 6.61 Å². The molecule has 0 fully saturated rings. The maximum atomic E-state index is 11.7.